The first-order chi connectivity index (χ1) is 7.97. The van der Waals surface area contributed by atoms with Gasteiger partial charge in [0.15, 0.2) is 0 Å². The molecule has 1 aromatic carbocycles. The van der Waals surface area contributed by atoms with Crippen molar-refractivity contribution in [2.24, 2.45) is 0 Å². The topological polar surface area (TPSA) is 95.7 Å². The normalized spacial score (nSPS) is 17.6. The van der Waals surface area contributed by atoms with Crippen LogP contribution in [0.25, 0.3) is 0 Å². The number of aliphatic hydroxyl groups excluding tert-OH is 1. The zero-order chi connectivity index (χ0) is 12.5. The minimum atomic E-state index is -3.61. The van der Waals surface area contributed by atoms with Crippen LogP contribution in [0.1, 0.15) is 5.56 Å². The SMILES string of the molecule is Nc1cccc(CCN2C=C(O)NS2(=O)=O)c1. The molecule has 0 saturated heterocycles. The highest BCUT2D eigenvalue weighted by atomic mass is 32.2. The predicted octanol–water partition coefficient (Wildman–Crippen LogP) is 0.318. The van der Waals surface area contributed by atoms with Crippen LogP contribution in [-0.2, 0) is 16.6 Å². The molecule has 0 aliphatic carbocycles. The molecule has 0 bridgehead atoms. The average molecular weight is 255 g/mol. The van der Waals surface area contributed by atoms with Crippen LogP contribution in [0.3, 0.4) is 0 Å². The van der Waals surface area contributed by atoms with Gasteiger partial charge in [-0.15, -0.1) is 0 Å². The number of benzene rings is 1. The number of hydrogen-bond acceptors (Lipinski definition) is 4. The van der Waals surface area contributed by atoms with Crippen molar-refractivity contribution >= 4 is 15.9 Å². The molecule has 0 aromatic heterocycles. The molecule has 7 heteroatoms. The van der Waals surface area contributed by atoms with Crippen LogP contribution < -0.4 is 10.5 Å². The van der Waals surface area contributed by atoms with Gasteiger partial charge in [-0.05, 0) is 24.1 Å². The van der Waals surface area contributed by atoms with E-state index in [2.05, 4.69) is 0 Å². The van der Waals surface area contributed by atoms with E-state index in [1.54, 1.807) is 12.1 Å². The average Bonchev–Trinajstić information content (AvgIpc) is 2.48. The first-order valence-corrected chi connectivity index (χ1v) is 6.46. The van der Waals surface area contributed by atoms with E-state index in [0.29, 0.717) is 12.1 Å². The summed E-state index contributed by atoms with van der Waals surface area (Å²) in [5.74, 6) is -0.363. The van der Waals surface area contributed by atoms with Crippen LogP contribution in [0, 0.1) is 0 Å². The Morgan fingerprint density at radius 3 is 2.76 bits per heavy atom. The van der Waals surface area contributed by atoms with Crippen molar-refractivity contribution in [3.63, 3.8) is 0 Å². The summed E-state index contributed by atoms with van der Waals surface area (Å²) in [6, 6.07) is 7.24. The van der Waals surface area contributed by atoms with Crippen molar-refractivity contribution in [2.75, 3.05) is 12.3 Å². The Bertz CT molecular complexity index is 554. The highest BCUT2D eigenvalue weighted by Crippen LogP contribution is 2.13. The molecule has 1 aromatic rings. The molecule has 0 unspecified atom stereocenters. The van der Waals surface area contributed by atoms with Crippen LogP contribution in [0.4, 0.5) is 5.69 Å². The lowest BCUT2D eigenvalue weighted by molar-refractivity contribution is 0.390. The van der Waals surface area contributed by atoms with E-state index in [0.717, 1.165) is 16.1 Å². The number of nitrogen functional groups attached to an aromatic ring is 1. The van der Waals surface area contributed by atoms with Gasteiger partial charge in [-0.25, -0.2) is 4.72 Å². The summed E-state index contributed by atoms with van der Waals surface area (Å²) in [7, 11) is -3.61. The minimum absolute atomic E-state index is 0.253. The van der Waals surface area contributed by atoms with Crippen LogP contribution in [0.2, 0.25) is 0 Å². The molecule has 0 spiro atoms. The lowest BCUT2D eigenvalue weighted by Gasteiger charge is -2.13. The Labute approximate surface area is 99.5 Å². The fourth-order valence-corrected chi connectivity index (χ4v) is 2.60. The van der Waals surface area contributed by atoms with Gasteiger partial charge in [-0.2, -0.15) is 8.42 Å². The van der Waals surface area contributed by atoms with Gasteiger partial charge in [-0.1, -0.05) is 12.1 Å². The second-order valence-corrected chi connectivity index (χ2v) is 5.35. The number of rotatable bonds is 3. The van der Waals surface area contributed by atoms with Crippen LogP contribution >= 0.6 is 0 Å². The first kappa shape index (κ1) is 11.6. The number of aliphatic hydroxyl groups is 1. The molecule has 0 fully saturated rings. The van der Waals surface area contributed by atoms with E-state index in [1.165, 1.54) is 0 Å². The lowest BCUT2D eigenvalue weighted by Crippen LogP contribution is -2.31. The minimum Gasteiger partial charge on any atom is -0.493 e. The maximum Gasteiger partial charge on any atom is 0.325 e. The van der Waals surface area contributed by atoms with E-state index in [-0.39, 0.29) is 12.4 Å². The Balaban J connectivity index is 2.04. The highest BCUT2D eigenvalue weighted by molar-refractivity contribution is 7.87. The number of nitrogens with two attached hydrogens (primary N) is 1. The maximum absolute atomic E-state index is 11.4. The summed E-state index contributed by atoms with van der Waals surface area (Å²) in [5, 5.41) is 9.09. The summed E-state index contributed by atoms with van der Waals surface area (Å²) in [4.78, 5) is 0. The Hall–Kier alpha value is -1.89. The summed E-state index contributed by atoms with van der Waals surface area (Å²) in [6.07, 6.45) is 1.68. The zero-order valence-electron chi connectivity index (χ0n) is 9.00. The molecule has 1 aliphatic rings. The Morgan fingerprint density at radius 2 is 2.18 bits per heavy atom. The van der Waals surface area contributed by atoms with Crippen molar-refractivity contribution in [2.45, 2.75) is 6.42 Å². The molecule has 1 heterocycles. The van der Waals surface area contributed by atoms with Gasteiger partial charge in [0.1, 0.15) is 0 Å². The predicted molar refractivity (Wildman–Crippen MR) is 64.0 cm³/mol. The molecule has 0 atom stereocenters. The molecular weight excluding hydrogens is 242 g/mol. The highest BCUT2D eigenvalue weighted by Gasteiger charge is 2.26. The van der Waals surface area contributed by atoms with Gasteiger partial charge >= 0.3 is 10.2 Å². The van der Waals surface area contributed by atoms with Gasteiger partial charge in [0.05, 0.1) is 6.20 Å². The summed E-state index contributed by atoms with van der Waals surface area (Å²) >= 11 is 0. The van der Waals surface area contributed by atoms with E-state index in [9.17, 15) is 8.42 Å². The molecule has 0 radical (unpaired) electrons. The molecule has 0 saturated carbocycles. The Kier molecular flexibility index (Phi) is 2.84. The van der Waals surface area contributed by atoms with Crippen molar-refractivity contribution in [1.29, 1.82) is 0 Å². The molecule has 2 rings (SSSR count). The smallest absolute Gasteiger partial charge is 0.325 e. The summed E-state index contributed by atoms with van der Waals surface area (Å²) < 4.78 is 25.9. The molecule has 17 heavy (non-hydrogen) atoms. The van der Waals surface area contributed by atoms with Crippen LogP contribution in [0.5, 0.6) is 0 Å². The lowest BCUT2D eigenvalue weighted by atomic mass is 10.1. The van der Waals surface area contributed by atoms with Crippen molar-refractivity contribution in [3.8, 4) is 0 Å². The van der Waals surface area contributed by atoms with Gasteiger partial charge in [0.2, 0.25) is 5.88 Å². The van der Waals surface area contributed by atoms with E-state index in [1.807, 2.05) is 16.9 Å². The quantitative estimate of drug-likeness (QED) is 0.678. The molecular formula is C10H13N3O3S. The van der Waals surface area contributed by atoms with E-state index < -0.39 is 10.2 Å². The number of nitrogens with zero attached hydrogens (tertiary/aromatic N) is 1. The van der Waals surface area contributed by atoms with Gasteiger partial charge < -0.3 is 10.8 Å². The number of nitrogens with one attached hydrogen (secondary N) is 1. The summed E-state index contributed by atoms with van der Waals surface area (Å²) in [6.45, 7) is 0.253. The molecule has 0 amide bonds. The van der Waals surface area contributed by atoms with Gasteiger partial charge in [-0.3, -0.25) is 4.31 Å². The van der Waals surface area contributed by atoms with Crippen molar-refractivity contribution in [3.05, 3.63) is 41.9 Å². The van der Waals surface area contributed by atoms with Crippen molar-refractivity contribution < 1.29 is 13.5 Å². The summed E-state index contributed by atoms with van der Waals surface area (Å²) in [5.41, 5.74) is 7.21. The maximum atomic E-state index is 11.4. The largest absolute Gasteiger partial charge is 0.493 e. The number of anilines is 1. The van der Waals surface area contributed by atoms with Crippen LogP contribution in [0.15, 0.2) is 36.3 Å². The van der Waals surface area contributed by atoms with Gasteiger partial charge in [0.25, 0.3) is 0 Å². The monoisotopic (exact) mass is 255 g/mol. The molecule has 6 nitrogen and oxygen atoms in total. The molecule has 1 aliphatic heterocycles. The standard InChI is InChI=1S/C10H13N3O3S/c11-9-3-1-2-8(6-9)4-5-13-7-10(14)12-17(13,15)16/h1-3,6-7,12,14H,4-5,11H2. The van der Waals surface area contributed by atoms with Gasteiger partial charge in [0, 0.05) is 12.2 Å². The van der Waals surface area contributed by atoms with E-state index in [4.69, 9.17) is 10.8 Å². The van der Waals surface area contributed by atoms with E-state index >= 15 is 0 Å². The molecule has 92 valence electrons. The van der Waals surface area contributed by atoms with Crippen LogP contribution in [-0.4, -0.2) is 24.4 Å². The Morgan fingerprint density at radius 1 is 1.41 bits per heavy atom. The second-order valence-electron chi connectivity index (χ2n) is 3.73. The zero-order valence-corrected chi connectivity index (χ0v) is 9.81. The third-order valence-electron chi connectivity index (χ3n) is 2.38. The second kappa shape index (κ2) is 4.17. The number of hydrogen-bond donors (Lipinski definition) is 3. The molecule has 4 N–H and O–H groups in total. The third-order valence-corrected chi connectivity index (χ3v) is 3.75. The first-order valence-electron chi connectivity index (χ1n) is 5.02. The third kappa shape index (κ3) is 2.62. The van der Waals surface area contributed by atoms with Crippen molar-refractivity contribution in [1.82, 2.24) is 9.03 Å². The fourth-order valence-electron chi connectivity index (χ4n) is 1.60. The fraction of sp³-hybridized carbons (Fsp3) is 0.200.